The fourth-order valence-corrected chi connectivity index (χ4v) is 2.04. The predicted octanol–water partition coefficient (Wildman–Crippen LogP) is 3.03. The Hall–Kier alpha value is -1.13. The zero-order chi connectivity index (χ0) is 15.0. The van der Waals surface area contributed by atoms with E-state index in [9.17, 15) is 4.39 Å². The zero-order valence-corrected chi connectivity index (χ0v) is 13.0. The summed E-state index contributed by atoms with van der Waals surface area (Å²) in [6.07, 6.45) is 1.86. The van der Waals surface area contributed by atoms with Crippen molar-refractivity contribution in [2.24, 2.45) is 5.41 Å². The SMILES string of the molecule is COCCNCC(C)(C)CCc1ccc(OC)c(F)c1. The molecule has 20 heavy (non-hydrogen) atoms. The molecule has 0 bridgehead atoms. The first kappa shape index (κ1) is 16.9. The largest absolute Gasteiger partial charge is 0.494 e. The number of nitrogens with one attached hydrogen (secondary N) is 1. The summed E-state index contributed by atoms with van der Waals surface area (Å²) in [5.74, 6) is 0.00951. The van der Waals surface area contributed by atoms with Crippen molar-refractivity contribution in [3.8, 4) is 5.75 Å². The number of halogens is 1. The van der Waals surface area contributed by atoms with Gasteiger partial charge in [0.1, 0.15) is 0 Å². The lowest BCUT2D eigenvalue weighted by Crippen LogP contribution is -2.31. The van der Waals surface area contributed by atoms with Crippen LogP contribution < -0.4 is 10.1 Å². The Morgan fingerprint density at radius 3 is 2.60 bits per heavy atom. The van der Waals surface area contributed by atoms with E-state index in [1.807, 2.05) is 6.07 Å². The van der Waals surface area contributed by atoms with E-state index in [1.165, 1.54) is 7.11 Å². The van der Waals surface area contributed by atoms with Gasteiger partial charge < -0.3 is 14.8 Å². The van der Waals surface area contributed by atoms with E-state index in [0.717, 1.165) is 38.1 Å². The normalized spacial score (nSPS) is 11.7. The summed E-state index contributed by atoms with van der Waals surface area (Å²) in [5, 5.41) is 3.37. The molecule has 0 aromatic heterocycles. The second-order valence-electron chi connectivity index (χ2n) is 5.80. The molecule has 114 valence electrons. The Morgan fingerprint density at radius 2 is 2.00 bits per heavy atom. The minimum Gasteiger partial charge on any atom is -0.494 e. The van der Waals surface area contributed by atoms with Crippen LogP contribution in [0, 0.1) is 11.2 Å². The van der Waals surface area contributed by atoms with Crippen molar-refractivity contribution >= 4 is 0 Å². The minimum absolute atomic E-state index is 0.171. The molecular formula is C16H26FNO2. The molecule has 0 amide bonds. The van der Waals surface area contributed by atoms with Crippen molar-refractivity contribution in [2.75, 3.05) is 33.9 Å². The summed E-state index contributed by atoms with van der Waals surface area (Å²) >= 11 is 0. The number of aryl methyl sites for hydroxylation is 1. The first-order valence-corrected chi connectivity index (χ1v) is 7.00. The highest BCUT2D eigenvalue weighted by Crippen LogP contribution is 2.24. The molecule has 0 aliphatic rings. The Balaban J connectivity index is 2.42. The number of benzene rings is 1. The fourth-order valence-electron chi connectivity index (χ4n) is 2.04. The number of ether oxygens (including phenoxy) is 2. The lowest BCUT2D eigenvalue weighted by molar-refractivity contribution is 0.193. The maximum atomic E-state index is 13.6. The third kappa shape index (κ3) is 5.88. The summed E-state index contributed by atoms with van der Waals surface area (Å²) in [4.78, 5) is 0. The molecule has 0 heterocycles. The maximum Gasteiger partial charge on any atom is 0.165 e. The third-order valence-electron chi connectivity index (χ3n) is 3.39. The van der Waals surface area contributed by atoms with E-state index in [0.29, 0.717) is 5.75 Å². The lowest BCUT2D eigenvalue weighted by atomic mass is 9.86. The summed E-state index contributed by atoms with van der Waals surface area (Å²) in [7, 11) is 3.18. The van der Waals surface area contributed by atoms with Gasteiger partial charge in [0.2, 0.25) is 0 Å². The van der Waals surface area contributed by atoms with Crippen LogP contribution in [0.1, 0.15) is 25.8 Å². The first-order valence-electron chi connectivity index (χ1n) is 7.00. The third-order valence-corrected chi connectivity index (χ3v) is 3.39. The van der Waals surface area contributed by atoms with E-state index in [2.05, 4.69) is 19.2 Å². The Bertz CT molecular complexity index is 407. The highest BCUT2D eigenvalue weighted by molar-refractivity contribution is 5.29. The van der Waals surface area contributed by atoms with Gasteiger partial charge in [-0.2, -0.15) is 0 Å². The van der Waals surface area contributed by atoms with Gasteiger partial charge in [0, 0.05) is 20.2 Å². The Labute approximate surface area is 121 Å². The standard InChI is InChI=1S/C16H26FNO2/c1-16(2,12-18-9-10-19-3)8-7-13-5-6-15(20-4)14(17)11-13/h5-6,11,18H,7-10,12H2,1-4H3. The number of rotatable bonds is 9. The van der Waals surface area contributed by atoms with Crippen molar-refractivity contribution in [1.29, 1.82) is 0 Å². The molecule has 0 fully saturated rings. The lowest BCUT2D eigenvalue weighted by Gasteiger charge is -2.25. The molecule has 0 saturated heterocycles. The topological polar surface area (TPSA) is 30.5 Å². The quantitative estimate of drug-likeness (QED) is 0.707. The van der Waals surface area contributed by atoms with Crippen LogP contribution in [0.3, 0.4) is 0 Å². The van der Waals surface area contributed by atoms with Crippen molar-refractivity contribution in [3.63, 3.8) is 0 Å². The van der Waals surface area contributed by atoms with Crippen LogP contribution in [0.2, 0.25) is 0 Å². The number of hydrogen-bond donors (Lipinski definition) is 1. The molecule has 1 N–H and O–H groups in total. The van der Waals surface area contributed by atoms with Crippen molar-refractivity contribution in [3.05, 3.63) is 29.6 Å². The smallest absolute Gasteiger partial charge is 0.165 e. The predicted molar refractivity (Wildman–Crippen MR) is 79.8 cm³/mol. The van der Waals surface area contributed by atoms with E-state index >= 15 is 0 Å². The molecule has 0 unspecified atom stereocenters. The van der Waals surface area contributed by atoms with Gasteiger partial charge >= 0.3 is 0 Å². The molecule has 0 aliphatic carbocycles. The number of methoxy groups -OCH3 is 2. The molecule has 0 saturated carbocycles. The molecule has 3 nitrogen and oxygen atoms in total. The Morgan fingerprint density at radius 1 is 1.25 bits per heavy atom. The highest BCUT2D eigenvalue weighted by Gasteiger charge is 2.17. The van der Waals surface area contributed by atoms with Crippen LogP contribution in [0.5, 0.6) is 5.75 Å². The van der Waals surface area contributed by atoms with Gasteiger partial charge in [0.15, 0.2) is 11.6 Å². The summed E-state index contributed by atoms with van der Waals surface area (Å²) in [6.45, 7) is 6.94. The van der Waals surface area contributed by atoms with E-state index < -0.39 is 0 Å². The Kier molecular flexibility index (Phi) is 6.96. The summed E-state index contributed by atoms with van der Waals surface area (Å²) in [6, 6.07) is 5.18. The molecule has 1 aromatic carbocycles. The average Bonchev–Trinajstić information content (AvgIpc) is 2.42. The van der Waals surface area contributed by atoms with Crippen molar-refractivity contribution in [1.82, 2.24) is 5.32 Å². The molecule has 1 aromatic rings. The van der Waals surface area contributed by atoms with Gasteiger partial charge in [0.25, 0.3) is 0 Å². The molecular weight excluding hydrogens is 257 g/mol. The highest BCUT2D eigenvalue weighted by atomic mass is 19.1. The number of hydrogen-bond acceptors (Lipinski definition) is 3. The molecule has 1 rings (SSSR count). The van der Waals surface area contributed by atoms with Gasteiger partial charge in [-0.05, 0) is 36.0 Å². The van der Waals surface area contributed by atoms with Crippen LogP contribution in [0.25, 0.3) is 0 Å². The molecule has 0 atom stereocenters. The van der Waals surface area contributed by atoms with E-state index in [4.69, 9.17) is 9.47 Å². The average molecular weight is 283 g/mol. The molecule has 4 heteroatoms. The zero-order valence-electron chi connectivity index (χ0n) is 13.0. The van der Waals surface area contributed by atoms with Gasteiger partial charge in [-0.15, -0.1) is 0 Å². The van der Waals surface area contributed by atoms with Crippen molar-refractivity contribution < 1.29 is 13.9 Å². The molecule has 0 spiro atoms. The summed E-state index contributed by atoms with van der Waals surface area (Å²) in [5.41, 5.74) is 1.18. The van der Waals surface area contributed by atoms with E-state index in [1.54, 1.807) is 19.2 Å². The van der Waals surface area contributed by atoms with Gasteiger partial charge in [-0.25, -0.2) is 4.39 Å². The van der Waals surface area contributed by atoms with E-state index in [-0.39, 0.29) is 11.2 Å². The summed E-state index contributed by atoms with van der Waals surface area (Å²) < 4.78 is 23.5. The molecule has 0 radical (unpaired) electrons. The monoisotopic (exact) mass is 283 g/mol. The minimum atomic E-state index is -0.291. The fraction of sp³-hybridized carbons (Fsp3) is 0.625. The molecule has 0 aliphatic heterocycles. The van der Waals surface area contributed by atoms with Crippen LogP contribution in [-0.4, -0.2) is 33.9 Å². The van der Waals surface area contributed by atoms with Gasteiger partial charge in [-0.1, -0.05) is 19.9 Å². The van der Waals surface area contributed by atoms with Crippen LogP contribution in [0.15, 0.2) is 18.2 Å². The van der Waals surface area contributed by atoms with Crippen LogP contribution in [0.4, 0.5) is 4.39 Å². The maximum absolute atomic E-state index is 13.6. The second-order valence-corrected chi connectivity index (χ2v) is 5.80. The van der Waals surface area contributed by atoms with Gasteiger partial charge in [0.05, 0.1) is 13.7 Å². The van der Waals surface area contributed by atoms with Gasteiger partial charge in [-0.3, -0.25) is 0 Å². The van der Waals surface area contributed by atoms with Crippen molar-refractivity contribution in [2.45, 2.75) is 26.7 Å². The first-order chi connectivity index (χ1) is 9.48. The second kappa shape index (κ2) is 8.22. The van der Waals surface area contributed by atoms with Crippen LogP contribution in [-0.2, 0) is 11.2 Å². The van der Waals surface area contributed by atoms with Crippen LogP contribution >= 0.6 is 0 Å².